The van der Waals surface area contributed by atoms with Crippen LogP contribution >= 0.6 is 11.6 Å². The van der Waals surface area contributed by atoms with Crippen molar-refractivity contribution in [2.24, 2.45) is 5.73 Å². The highest BCUT2D eigenvalue weighted by Crippen LogP contribution is 2.27. The molecule has 0 spiro atoms. The van der Waals surface area contributed by atoms with Crippen molar-refractivity contribution in [3.63, 3.8) is 0 Å². The number of pyridine rings is 1. The van der Waals surface area contributed by atoms with Gasteiger partial charge in [0.15, 0.2) is 0 Å². The van der Waals surface area contributed by atoms with Crippen LogP contribution in [0.2, 0.25) is 5.15 Å². The lowest BCUT2D eigenvalue weighted by Crippen LogP contribution is -2.52. The Bertz CT molecular complexity index is 456. The van der Waals surface area contributed by atoms with Crippen molar-refractivity contribution in [3.05, 3.63) is 23.0 Å². The Morgan fingerprint density at radius 2 is 2.06 bits per heavy atom. The summed E-state index contributed by atoms with van der Waals surface area (Å²) in [5.74, 6) is -0.116. The van der Waals surface area contributed by atoms with Gasteiger partial charge in [0.25, 0.3) is 0 Å². The molecule has 5 heteroatoms. The van der Waals surface area contributed by atoms with Crippen LogP contribution in [0.5, 0.6) is 0 Å². The summed E-state index contributed by atoms with van der Waals surface area (Å²) in [7, 11) is 0. The lowest BCUT2D eigenvalue weighted by Gasteiger charge is -2.31. The van der Waals surface area contributed by atoms with Crippen molar-refractivity contribution in [1.29, 1.82) is 0 Å². The van der Waals surface area contributed by atoms with Crippen LogP contribution in [0.1, 0.15) is 37.8 Å². The standard InChI is InChI=1S/C13H18ClN3O/c1-9-10(5-6-11(14)16-9)17-12(18)13(15)7-3-2-4-8-13/h5-6H,2-4,7-8,15H2,1H3,(H,17,18). The van der Waals surface area contributed by atoms with Gasteiger partial charge in [-0.15, -0.1) is 0 Å². The number of halogens is 1. The van der Waals surface area contributed by atoms with Crippen LogP contribution in [-0.4, -0.2) is 16.4 Å². The summed E-state index contributed by atoms with van der Waals surface area (Å²) in [4.78, 5) is 16.3. The van der Waals surface area contributed by atoms with Gasteiger partial charge < -0.3 is 11.1 Å². The molecule has 2 rings (SSSR count). The molecule has 3 N–H and O–H groups in total. The van der Waals surface area contributed by atoms with Crippen molar-refractivity contribution in [2.75, 3.05) is 5.32 Å². The third kappa shape index (κ3) is 2.82. The van der Waals surface area contributed by atoms with E-state index in [1.165, 1.54) is 0 Å². The zero-order chi connectivity index (χ0) is 13.2. The first-order valence-corrected chi connectivity index (χ1v) is 6.62. The Morgan fingerprint density at radius 3 is 2.67 bits per heavy atom. The van der Waals surface area contributed by atoms with Crippen LogP contribution in [-0.2, 0) is 4.79 Å². The fourth-order valence-corrected chi connectivity index (χ4v) is 2.51. The van der Waals surface area contributed by atoms with Crippen LogP contribution in [0.3, 0.4) is 0 Å². The summed E-state index contributed by atoms with van der Waals surface area (Å²) in [5, 5.41) is 3.28. The molecule has 0 unspecified atom stereocenters. The SMILES string of the molecule is Cc1nc(Cl)ccc1NC(=O)C1(N)CCCCC1. The Hall–Kier alpha value is -1.13. The molecule has 1 aliphatic carbocycles. The van der Waals surface area contributed by atoms with Gasteiger partial charge in [-0.05, 0) is 31.9 Å². The molecule has 4 nitrogen and oxygen atoms in total. The molecule has 1 aromatic heterocycles. The van der Waals surface area contributed by atoms with Gasteiger partial charge in [0, 0.05) is 0 Å². The van der Waals surface area contributed by atoms with E-state index in [1.54, 1.807) is 12.1 Å². The van der Waals surface area contributed by atoms with Crippen molar-refractivity contribution < 1.29 is 4.79 Å². The molecule has 0 aromatic carbocycles. The van der Waals surface area contributed by atoms with E-state index in [-0.39, 0.29) is 5.91 Å². The number of anilines is 1. The zero-order valence-corrected chi connectivity index (χ0v) is 11.3. The molecule has 1 aliphatic rings. The van der Waals surface area contributed by atoms with Gasteiger partial charge in [0.05, 0.1) is 16.9 Å². The monoisotopic (exact) mass is 267 g/mol. The van der Waals surface area contributed by atoms with Gasteiger partial charge >= 0.3 is 0 Å². The van der Waals surface area contributed by atoms with Crippen molar-refractivity contribution in [1.82, 2.24) is 4.98 Å². The predicted molar refractivity (Wildman–Crippen MR) is 72.6 cm³/mol. The third-order valence-electron chi connectivity index (χ3n) is 3.50. The number of hydrogen-bond donors (Lipinski definition) is 2. The number of nitrogens with one attached hydrogen (secondary N) is 1. The molecule has 1 amide bonds. The summed E-state index contributed by atoms with van der Waals surface area (Å²) in [5.41, 5.74) is 6.82. The molecular weight excluding hydrogens is 250 g/mol. The zero-order valence-electron chi connectivity index (χ0n) is 10.5. The molecule has 1 fully saturated rings. The highest BCUT2D eigenvalue weighted by atomic mass is 35.5. The Labute approximate surface area is 112 Å². The quantitative estimate of drug-likeness (QED) is 0.810. The second-order valence-corrected chi connectivity index (χ2v) is 5.33. The van der Waals surface area contributed by atoms with Crippen LogP contribution in [0.25, 0.3) is 0 Å². The van der Waals surface area contributed by atoms with Gasteiger partial charge in [-0.3, -0.25) is 4.79 Å². The normalized spacial score (nSPS) is 18.4. The van der Waals surface area contributed by atoms with E-state index in [1.807, 2.05) is 6.92 Å². The molecule has 0 saturated heterocycles. The van der Waals surface area contributed by atoms with Gasteiger partial charge in [-0.2, -0.15) is 0 Å². The molecule has 0 atom stereocenters. The smallest absolute Gasteiger partial charge is 0.244 e. The van der Waals surface area contributed by atoms with Crippen molar-refractivity contribution >= 4 is 23.2 Å². The maximum absolute atomic E-state index is 12.2. The maximum Gasteiger partial charge on any atom is 0.244 e. The molecule has 18 heavy (non-hydrogen) atoms. The van der Waals surface area contributed by atoms with Gasteiger partial charge in [0.2, 0.25) is 5.91 Å². The van der Waals surface area contributed by atoms with Crippen LogP contribution in [0.15, 0.2) is 12.1 Å². The molecular formula is C13H18ClN3O. The topological polar surface area (TPSA) is 68.0 Å². The Balaban J connectivity index is 2.11. The summed E-state index contributed by atoms with van der Waals surface area (Å²) < 4.78 is 0. The van der Waals surface area contributed by atoms with E-state index in [4.69, 9.17) is 17.3 Å². The van der Waals surface area contributed by atoms with E-state index in [0.29, 0.717) is 16.5 Å². The number of rotatable bonds is 2. The van der Waals surface area contributed by atoms with E-state index in [9.17, 15) is 4.79 Å². The first-order chi connectivity index (χ1) is 8.51. The predicted octanol–water partition coefficient (Wildman–Crippen LogP) is 2.64. The van der Waals surface area contributed by atoms with E-state index in [0.717, 1.165) is 32.1 Å². The average Bonchev–Trinajstić information content (AvgIpc) is 2.33. The molecule has 0 radical (unpaired) electrons. The van der Waals surface area contributed by atoms with E-state index < -0.39 is 5.54 Å². The molecule has 0 aliphatic heterocycles. The number of nitrogens with zero attached hydrogens (tertiary/aromatic N) is 1. The summed E-state index contributed by atoms with van der Waals surface area (Å²) in [6, 6.07) is 3.42. The van der Waals surface area contributed by atoms with Crippen LogP contribution < -0.4 is 11.1 Å². The van der Waals surface area contributed by atoms with Crippen molar-refractivity contribution in [3.8, 4) is 0 Å². The van der Waals surface area contributed by atoms with Gasteiger partial charge in [-0.25, -0.2) is 4.98 Å². The summed E-state index contributed by atoms with van der Waals surface area (Å²) >= 11 is 5.78. The molecule has 0 bridgehead atoms. The minimum atomic E-state index is -0.732. The average molecular weight is 268 g/mol. The Kier molecular flexibility index (Phi) is 3.88. The third-order valence-corrected chi connectivity index (χ3v) is 3.71. The molecule has 98 valence electrons. The second-order valence-electron chi connectivity index (χ2n) is 4.94. The number of carbonyl (C=O) groups is 1. The summed E-state index contributed by atoms with van der Waals surface area (Å²) in [6.07, 6.45) is 4.69. The fraction of sp³-hybridized carbons (Fsp3) is 0.538. The van der Waals surface area contributed by atoms with Gasteiger partial charge in [-0.1, -0.05) is 30.9 Å². The number of nitrogens with two attached hydrogens (primary N) is 1. The lowest BCUT2D eigenvalue weighted by atomic mass is 9.82. The first kappa shape index (κ1) is 13.3. The number of aryl methyl sites for hydroxylation is 1. The van der Waals surface area contributed by atoms with E-state index in [2.05, 4.69) is 10.3 Å². The number of aromatic nitrogens is 1. The lowest BCUT2D eigenvalue weighted by molar-refractivity contribution is -0.122. The second kappa shape index (κ2) is 5.24. The minimum Gasteiger partial charge on any atom is -0.323 e. The molecule has 1 aromatic rings. The largest absolute Gasteiger partial charge is 0.323 e. The van der Waals surface area contributed by atoms with Gasteiger partial charge in [0.1, 0.15) is 5.15 Å². The fourth-order valence-electron chi connectivity index (χ4n) is 2.32. The number of amides is 1. The Morgan fingerprint density at radius 1 is 1.39 bits per heavy atom. The number of carbonyl (C=O) groups excluding carboxylic acids is 1. The highest BCUT2D eigenvalue weighted by molar-refractivity contribution is 6.29. The molecule has 1 saturated carbocycles. The minimum absolute atomic E-state index is 0.116. The maximum atomic E-state index is 12.2. The van der Waals surface area contributed by atoms with E-state index >= 15 is 0 Å². The highest BCUT2D eigenvalue weighted by Gasteiger charge is 2.35. The number of hydrogen-bond acceptors (Lipinski definition) is 3. The van der Waals surface area contributed by atoms with Crippen molar-refractivity contribution in [2.45, 2.75) is 44.6 Å². The first-order valence-electron chi connectivity index (χ1n) is 6.25. The molecule has 1 heterocycles. The summed E-state index contributed by atoms with van der Waals surface area (Å²) in [6.45, 7) is 1.81. The van der Waals surface area contributed by atoms with Crippen LogP contribution in [0, 0.1) is 6.92 Å². The van der Waals surface area contributed by atoms with Crippen LogP contribution in [0.4, 0.5) is 5.69 Å².